The SMILES string of the molecule is COCCOc1ccc(Nc2cc(-c3c(Nc4ccn[nH]4)nc4cccnn34)nc(C)n2)nn1. The maximum Gasteiger partial charge on any atom is 0.233 e. The average molecular weight is 459 g/mol. The van der Waals surface area contributed by atoms with Crippen LogP contribution in [0, 0.1) is 6.92 Å². The standard InChI is InChI=1S/C21H21N11O2/c1-13-24-14(12-17(25-13)26-15-5-6-19(31-30-15)34-11-10-33-2)20-21(27-16-7-9-22-29-16)28-18-4-3-8-23-32(18)20/h3-9,12H,10-11H2,1-2H3,(H2,22,27,29)(H,24,25,26,30). The van der Waals surface area contributed by atoms with Gasteiger partial charge in [-0.2, -0.15) is 10.2 Å². The monoisotopic (exact) mass is 459 g/mol. The van der Waals surface area contributed by atoms with Gasteiger partial charge in [-0.3, -0.25) is 5.10 Å². The van der Waals surface area contributed by atoms with Crippen molar-refractivity contribution in [2.75, 3.05) is 31.0 Å². The molecule has 0 saturated heterocycles. The molecule has 0 fully saturated rings. The Kier molecular flexibility index (Phi) is 5.90. The minimum Gasteiger partial charge on any atom is -0.474 e. The van der Waals surface area contributed by atoms with Crippen LogP contribution in [0.3, 0.4) is 0 Å². The first-order chi connectivity index (χ1) is 16.7. The van der Waals surface area contributed by atoms with E-state index in [1.165, 1.54) is 0 Å². The number of H-pyrrole nitrogens is 1. The number of nitrogens with zero attached hydrogens (tertiary/aromatic N) is 8. The van der Waals surface area contributed by atoms with Gasteiger partial charge in [-0.25, -0.2) is 19.5 Å². The fourth-order valence-electron chi connectivity index (χ4n) is 3.24. The number of methoxy groups -OCH3 is 1. The van der Waals surface area contributed by atoms with Gasteiger partial charge in [-0.05, 0) is 25.1 Å². The van der Waals surface area contributed by atoms with Crippen molar-refractivity contribution in [3.8, 4) is 17.3 Å². The molecule has 0 amide bonds. The van der Waals surface area contributed by atoms with Gasteiger partial charge in [-0.15, -0.1) is 10.2 Å². The summed E-state index contributed by atoms with van der Waals surface area (Å²) >= 11 is 0. The van der Waals surface area contributed by atoms with E-state index in [-0.39, 0.29) is 0 Å². The van der Waals surface area contributed by atoms with E-state index in [9.17, 15) is 0 Å². The van der Waals surface area contributed by atoms with Gasteiger partial charge in [0, 0.05) is 31.5 Å². The summed E-state index contributed by atoms with van der Waals surface area (Å²) in [4.78, 5) is 13.8. The summed E-state index contributed by atoms with van der Waals surface area (Å²) in [6.07, 6.45) is 3.35. The molecule has 34 heavy (non-hydrogen) atoms. The van der Waals surface area contributed by atoms with Crippen LogP contribution >= 0.6 is 0 Å². The van der Waals surface area contributed by atoms with Crippen LogP contribution in [0.5, 0.6) is 5.88 Å². The van der Waals surface area contributed by atoms with Crippen LogP contribution in [0.25, 0.3) is 17.0 Å². The summed E-state index contributed by atoms with van der Waals surface area (Å²) in [5.41, 5.74) is 1.96. The summed E-state index contributed by atoms with van der Waals surface area (Å²) in [7, 11) is 1.61. The molecule has 3 N–H and O–H groups in total. The lowest BCUT2D eigenvalue weighted by molar-refractivity contribution is 0.143. The zero-order valence-corrected chi connectivity index (χ0v) is 18.4. The number of ether oxygens (including phenoxy) is 2. The minimum absolute atomic E-state index is 0.397. The maximum absolute atomic E-state index is 5.45. The third-order valence-electron chi connectivity index (χ3n) is 4.66. The molecular formula is C21H21N11O2. The Morgan fingerprint density at radius 2 is 1.91 bits per heavy atom. The van der Waals surface area contributed by atoms with E-state index in [1.54, 1.807) is 48.3 Å². The van der Waals surface area contributed by atoms with Gasteiger partial charge in [0.2, 0.25) is 5.88 Å². The second kappa shape index (κ2) is 9.46. The van der Waals surface area contributed by atoms with Crippen molar-refractivity contribution in [3.63, 3.8) is 0 Å². The molecule has 0 aliphatic carbocycles. The predicted octanol–water partition coefficient (Wildman–Crippen LogP) is 2.52. The number of aromatic amines is 1. The quantitative estimate of drug-likeness (QED) is 0.279. The maximum atomic E-state index is 5.45. The number of imidazole rings is 1. The van der Waals surface area contributed by atoms with E-state index in [4.69, 9.17) is 9.47 Å². The zero-order valence-electron chi connectivity index (χ0n) is 18.4. The van der Waals surface area contributed by atoms with E-state index in [2.05, 4.69) is 51.1 Å². The van der Waals surface area contributed by atoms with Crippen LogP contribution in [0.1, 0.15) is 5.82 Å². The summed E-state index contributed by atoms with van der Waals surface area (Å²) in [6.45, 7) is 2.68. The van der Waals surface area contributed by atoms with Crippen LogP contribution in [0.15, 0.2) is 48.8 Å². The molecule has 5 rings (SSSR count). The lowest BCUT2D eigenvalue weighted by atomic mass is 10.2. The Morgan fingerprint density at radius 1 is 0.971 bits per heavy atom. The number of anilines is 4. The molecule has 0 unspecified atom stereocenters. The van der Waals surface area contributed by atoms with Crippen LogP contribution in [0.2, 0.25) is 0 Å². The Bertz CT molecular complexity index is 1380. The lowest BCUT2D eigenvalue weighted by Crippen LogP contribution is -2.07. The van der Waals surface area contributed by atoms with Gasteiger partial charge in [0.15, 0.2) is 17.3 Å². The lowest BCUT2D eigenvalue weighted by Gasteiger charge is -2.10. The van der Waals surface area contributed by atoms with Gasteiger partial charge in [0.25, 0.3) is 0 Å². The first-order valence-corrected chi connectivity index (χ1v) is 10.4. The molecule has 0 atom stereocenters. The molecule has 5 aromatic rings. The molecule has 0 radical (unpaired) electrons. The summed E-state index contributed by atoms with van der Waals surface area (Å²) in [5, 5.41) is 25.9. The Balaban J connectivity index is 1.46. The van der Waals surface area contributed by atoms with Crippen LogP contribution in [0.4, 0.5) is 23.3 Å². The first kappa shape index (κ1) is 21.2. The second-order valence-electron chi connectivity index (χ2n) is 7.11. The van der Waals surface area contributed by atoms with Gasteiger partial charge in [0.1, 0.15) is 29.8 Å². The molecule has 0 saturated carbocycles. The molecule has 5 heterocycles. The molecule has 0 bridgehead atoms. The summed E-state index contributed by atoms with van der Waals surface area (Å²) < 4.78 is 12.1. The van der Waals surface area contributed by atoms with E-state index in [1.807, 2.05) is 19.1 Å². The van der Waals surface area contributed by atoms with Gasteiger partial charge >= 0.3 is 0 Å². The van der Waals surface area contributed by atoms with Crippen molar-refractivity contribution in [2.45, 2.75) is 6.92 Å². The van der Waals surface area contributed by atoms with Crippen molar-refractivity contribution >= 4 is 28.9 Å². The molecular weight excluding hydrogens is 438 g/mol. The normalized spacial score (nSPS) is 11.0. The number of aryl methyl sites for hydroxylation is 1. The predicted molar refractivity (Wildman–Crippen MR) is 123 cm³/mol. The van der Waals surface area contributed by atoms with Crippen molar-refractivity contribution in [2.24, 2.45) is 0 Å². The van der Waals surface area contributed by atoms with E-state index < -0.39 is 0 Å². The minimum atomic E-state index is 0.397. The largest absolute Gasteiger partial charge is 0.474 e. The number of rotatable bonds is 9. The third-order valence-corrected chi connectivity index (χ3v) is 4.66. The van der Waals surface area contributed by atoms with Gasteiger partial charge in [-0.1, -0.05) is 0 Å². The first-order valence-electron chi connectivity index (χ1n) is 10.4. The molecule has 0 aliphatic rings. The average Bonchev–Trinajstić information content (AvgIpc) is 3.47. The number of hydrogen-bond donors (Lipinski definition) is 3. The molecule has 172 valence electrons. The number of hydrogen-bond acceptors (Lipinski definition) is 11. The molecule has 0 aromatic carbocycles. The molecule has 0 aliphatic heterocycles. The molecule has 0 spiro atoms. The van der Waals surface area contributed by atoms with Crippen LogP contribution in [-0.2, 0) is 4.74 Å². The Hall–Kier alpha value is -4.65. The molecule has 13 heteroatoms. The highest BCUT2D eigenvalue weighted by molar-refractivity contribution is 5.78. The van der Waals surface area contributed by atoms with E-state index in [0.717, 1.165) is 0 Å². The second-order valence-corrected chi connectivity index (χ2v) is 7.11. The van der Waals surface area contributed by atoms with Crippen molar-refractivity contribution in [1.82, 2.24) is 45.0 Å². The number of fused-ring (bicyclic) bond motifs is 1. The molecule has 13 nitrogen and oxygen atoms in total. The topological polar surface area (TPSA) is 153 Å². The summed E-state index contributed by atoms with van der Waals surface area (Å²) in [5.74, 6) is 3.29. The van der Waals surface area contributed by atoms with E-state index in [0.29, 0.717) is 65.2 Å². The van der Waals surface area contributed by atoms with E-state index >= 15 is 0 Å². The number of aromatic nitrogens is 9. The summed E-state index contributed by atoms with van der Waals surface area (Å²) in [6, 6.07) is 10.8. The van der Waals surface area contributed by atoms with Crippen molar-refractivity contribution in [1.29, 1.82) is 0 Å². The van der Waals surface area contributed by atoms with Crippen LogP contribution < -0.4 is 15.4 Å². The highest BCUT2D eigenvalue weighted by Crippen LogP contribution is 2.30. The smallest absolute Gasteiger partial charge is 0.233 e. The highest BCUT2D eigenvalue weighted by atomic mass is 16.5. The van der Waals surface area contributed by atoms with Crippen LogP contribution in [-0.4, -0.2) is 65.3 Å². The van der Waals surface area contributed by atoms with Gasteiger partial charge in [0.05, 0.1) is 18.5 Å². The fourth-order valence-corrected chi connectivity index (χ4v) is 3.24. The fraction of sp³-hybridized carbons (Fsp3) is 0.190. The third kappa shape index (κ3) is 4.59. The van der Waals surface area contributed by atoms with Gasteiger partial charge < -0.3 is 20.1 Å². The highest BCUT2D eigenvalue weighted by Gasteiger charge is 2.18. The Labute approximate surface area is 193 Å². The Morgan fingerprint density at radius 3 is 2.71 bits per heavy atom. The van der Waals surface area contributed by atoms with Crippen molar-refractivity contribution in [3.05, 3.63) is 54.6 Å². The zero-order chi connectivity index (χ0) is 23.3. The molecule has 5 aromatic heterocycles. The number of nitrogens with one attached hydrogen (secondary N) is 3. The van der Waals surface area contributed by atoms with Crippen molar-refractivity contribution < 1.29 is 9.47 Å².